The van der Waals surface area contributed by atoms with Gasteiger partial charge in [0.05, 0.1) is 17.1 Å². The van der Waals surface area contributed by atoms with Gasteiger partial charge in [-0.25, -0.2) is 9.38 Å². The predicted octanol–water partition coefficient (Wildman–Crippen LogP) is 4.26. The minimum Gasteiger partial charge on any atom is -0.493 e. The Morgan fingerprint density at radius 1 is 1.23 bits per heavy atom. The van der Waals surface area contributed by atoms with Crippen molar-refractivity contribution in [3.8, 4) is 5.75 Å². The van der Waals surface area contributed by atoms with Gasteiger partial charge in [-0.3, -0.25) is 0 Å². The van der Waals surface area contributed by atoms with Gasteiger partial charge in [-0.2, -0.15) is 0 Å². The number of nitrogens with two attached hydrogens (primary N) is 1. The molecular formula is C20H21BrFN3O. The van der Waals surface area contributed by atoms with Gasteiger partial charge in [0.1, 0.15) is 11.6 Å². The molecule has 6 heteroatoms. The third kappa shape index (κ3) is 3.56. The van der Waals surface area contributed by atoms with Crippen molar-refractivity contribution in [3.05, 3.63) is 63.9 Å². The summed E-state index contributed by atoms with van der Waals surface area (Å²) in [4.78, 5) is 4.67. The second-order valence-electron chi connectivity index (χ2n) is 6.89. The van der Waals surface area contributed by atoms with Crippen LogP contribution in [0.15, 0.2) is 51.9 Å². The number of nitrogens with zero attached hydrogens (tertiary/aromatic N) is 1. The monoisotopic (exact) mass is 417 g/mol. The van der Waals surface area contributed by atoms with Crippen LogP contribution in [0.2, 0.25) is 0 Å². The first-order valence-electron chi connectivity index (χ1n) is 8.86. The van der Waals surface area contributed by atoms with E-state index in [9.17, 15) is 4.39 Å². The number of nitrogens with one attached hydrogen (secondary N) is 1. The molecule has 1 atom stereocenters. The maximum absolute atomic E-state index is 13.4. The van der Waals surface area contributed by atoms with Crippen molar-refractivity contribution < 1.29 is 9.13 Å². The lowest BCUT2D eigenvalue weighted by molar-refractivity contribution is 0.269. The summed E-state index contributed by atoms with van der Waals surface area (Å²) in [5.41, 5.74) is 8.39. The molecule has 1 saturated carbocycles. The quantitative estimate of drug-likeness (QED) is 0.579. The largest absolute Gasteiger partial charge is 0.493 e. The fraction of sp³-hybridized carbons (Fsp3) is 0.350. The second kappa shape index (κ2) is 7.27. The molecule has 1 heterocycles. The molecule has 4 nitrogen and oxygen atoms in total. The van der Waals surface area contributed by atoms with E-state index in [1.165, 1.54) is 6.07 Å². The highest BCUT2D eigenvalue weighted by molar-refractivity contribution is 9.10. The first-order valence-corrected chi connectivity index (χ1v) is 9.66. The summed E-state index contributed by atoms with van der Waals surface area (Å²) in [5, 5.41) is 3.32. The third-order valence-corrected chi connectivity index (χ3v) is 5.73. The van der Waals surface area contributed by atoms with E-state index in [0.29, 0.717) is 29.0 Å². The lowest BCUT2D eigenvalue weighted by atomic mass is 9.76. The molecule has 1 aliphatic carbocycles. The van der Waals surface area contributed by atoms with Crippen molar-refractivity contribution in [3.63, 3.8) is 0 Å². The summed E-state index contributed by atoms with van der Waals surface area (Å²) >= 11 is 3.25. The van der Waals surface area contributed by atoms with Crippen LogP contribution in [0.25, 0.3) is 0 Å². The van der Waals surface area contributed by atoms with E-state index in [0.717, 1.165) is 36.1 Å². The van der Waals surface area contributed by atoms with Gasteiger partial charge in [0, 0.05) is 18.0 Å². The summed E-state index contributed by atoms with van der Waals surface area (Å²) in [6.07, 6.45) is 2.77. The average molecular weight is 418 g/mol. The lowest BCUT2D eigenvalue weighted by Crippen LogP contribution is -2.46. The van der Waals surface area contributed by atoms with Crippen LogP contribution in [-0.2, 0) is 0 Å². The lowest BCUT2D eigenvalue weighted by Gasteiger charge is -2.36. The van der Waals surface area contributed by atoms with Gasteiger partial charge >= 0.3 is 0 Å². The summed E-state index contributed by atoms with van der Waals surface area (Å²) < 4.78 is 19.5. The number of hydrogen-bond acceptors (Lipinski definition) is 2. The van der Waals surface area contributed by atoms with Crippen LogP contribution in [0.3, 0.4) is 0 Å². The molecule has 26 heavy (non-hydrogen) atoms. The zero-order chi connectivity index (χ0) is 18.1. The van der Waals surface area contributed by atoms with Crippen molar-refractivity contribution in [1.82, 2.24) is 5.32 Å². The minimum atomic E-state index is -0.226. The Labute approximate surface area is 160 Å². The fourth-order valence-electron chi connectivity index (χ4n) is 3.65. The summed E-state index contributed by atoms with van der Waals surface area (Å²) in [6, 6.07) is 13.6. The van der Waals surface area contributed by atoms with E-state index in [2.05, 4.69) is 26.2 Å². The number of guanidine groups is 1. The number of halogens is 2. The summed E-state index contributed by atoms with van der Waals surface area (Å²) in [7, 11) is 0. The van der Waals surface area contributed by atoms with Crippen molar-refractivity contribution in [2.45, 2.75) is 37.3 Å². The molecule has 0 aromatic heterocycles. The molecule has 1 fully saturated rings. The van der Waals surface area contributed by atoms with Gasteiger partial charge in [-0.05, 0) is 58.5 Å². The number of benzene rings is 2. The number of ether oxygens (including phenoxy) is 1. The Hall–Kier alpha value is -2.08. The molecule has 0 amide bonds. The third-order valence-electron chi connectivity index (χ3n) is 5.13. The van der Waals surface area contributed by atoms with E-state index in [4.69, 9.17) is 10.5 Å². The van der Waals surface area contributed by atoms with E-state index in [1.807, 2.05) is 36.4 Å². The molecule has 0 bridgehead atoms. The van der Waals surface area contributed by atoms with E-state index >= 15 is 0 Å². The van der Waals surface area contributed by atoms with Crippen LogP contribution >= 0.6 is 15.9 Å². The highest BCUT2D eigenvalue weighted by Crippen LogP contribution is 2.38. The van der Waals surface area contributed by atoms with Crippen LogP contribution < -0.4 is 15.8 Å². The van der Waals surface area contributed by atoms with Crippen molar-refractivity contribution >= 4 is 21.9 Å². The fourth-order valence-corrected chi connectivity index (χ4v) is 4.04. The van der Waals surface area contributed by atoms with Gasteiger partial charge in [0.2, 0.25) is 0 Å². The number of hydrogen-bond donors (Lipinski definition) is 2. The molecule has 0 spiro atoms. The Morgan fingerprint density at radius 2 is 2.04 bits per heavy atom. The zero-order valence-corrected chi connectivity index (χ0v) is 15.9. The van der Waals surface area contributed by atoms with Crippen LogP contribution in [0.4, 0.5) is 4.39 Å². The van der Waals surface area contributed by atoms with Gasteiger partial charge in [0.15, 0.2) is 5.96 Å². The molecule has 1 aliphatic heterocycles. The first kappa shape index (κ1) is 17.3. The van der Waals surface area contributed by atoms with Crippen LogP contribution in [0, 0.1) is 5.82 Å². The highest BCUT2D eigenvalue weighted by Gasteiger charge is 2.31. The molecular weight excluding hydrogens is 397 g/mol. The maximum atomic E-state index is 13.4. The predicted molar refractivity (Wildman–Crippen MR) is 104 cm³/mol. The maximum Gasteiger partial charge on any atom is 0.189 e. The SMILES string of the molecule is NC(=NC1CCOc2ccccc21)NC1CC(c2ccc(F)c(Br)c2)C1. The topological polar surface area (TPSA) is 59.6 Å². The first-order chi connectivity index (χ1) is 12.6. The van der Waals surface area contributed by atoms with Gasteiger partial charge in [-0.15, -0.1) is 0 Å². The second-order valence-corrected chi connectivity index (χ2v) is 7.74. The molecule has 2 aromatic carbocycles. The number of aliphatic imine (C=N–C) groups is 1. The molecule has 4 rings (SSSR count). The Morgan fingerprint density at radius 3 is 2.85 bits per heavy atom. The van der Waals surface area contributed by atoms with E-state index < -0.39 is 0 Å². The van der Waals surface area contributed by atoms with Crippen molar-refractivity contribution in [2.24, 2.45) is 10.7 Å². The van der Waals surface area contributed by atoms with Crippen LogP contribution in [0.1, 0.15) is 42.3 Å². The Kier molecular flexibility index (Phi) is 4.85. The van der Waals surface area contributed by atoms with Gasteiger partial charge in [0.25, 0.3) is 0 Å². The number of rotatable bonds is 3. The summed E-state index contributed by atoms with van der Waals surface area (Å²) in [6.45, 7) is 0.656. The minimum absolute atomic E-state index is 0.0383. The van der Waals surface area contributed by atoms with Gasteiger partial charge < -0.3 is 15.8 Å². The number of para-hydroxylation sites is 1. The Bertz CT molecular complexity index is 836. The molecule has 2 aromatic rings. The highest BCUT2D eigenvalue weighted by atomic mass is 79.9. The van der Waals surface area contributed by atoms with Gasteiger partial charge in [-0.1, -0.05) is 24.3 Å². The molecule has 3 N–H and O–H groups in total. The Balaban J connectivity index is 1.36. The van der Waals surface area contributed by atoms with Crippen LogP contribution in [-0.4, -0.2) is 18.6 Å². The standard InChI is InChI=1S/C20H21BrFN3O/c21-16-11-12(5-6-17(16)22)13-9-14(10-13)24-20(23)25-18-7-8-26-19-4-2-1-3-15(18)19/h1-6,11,13-14,18H,7-10H2,(H3,23,24,25). The normalized spacial score (nSPS) is 25.0. The molecule has 0 saturated heterocycles. The van der Waals surface area contributed by atoms with Crippen LogP contribution in [0.5, 0.6) is 5.75 Å². The smallest absolute Gasteiger partial charge is 0.189 e. The molecule has 0 radical (unpaired) electrons. The zero-order valence-electron chi connectivity index (χ0n) is 14.3. The summed E-state index contributed by atoms with van der Waals surface area (Å²) in [5.74, 6) is 1.58. The molecule has 1 unspecified atom stereocenters. The van der Waals surface area contributed by atoms with Crippen molar-refractivity contribution in [2.75, 3.05) is 6.61 Å². The molecule has 2 aliphatic rings. The number of fused-ring (bicyclic) bond motifs is 1. The van der Waals surface area contributed by atoms with Crippen molar-refractivity contribution in [1.29, 1.82) is 0 Å². The van der Waals surface area contributed by atoms with E-state index in [-0.39, 0.29) is 11.9 Å². The average Bonchev–Trinajstić information content (AvgIpc) is 2.61. The van der Waals surface area contributed by atoms with E-state index in [1.54, 1.807) is 0 Å². The molecule has 136 valence electrons.